The van der Waals surface area contributed by atoms with Gasteiger partial charge in [0.15, 0.2) is 16.6 Å². The van der Waals surface area contributed by atoms with E-state index in [0.29, 0.717) is 47.6 Å². The Morgan fingerprint density at radius 1 is 1.06 bits per heavy atom. The summed E-state index contributed by atoms with van der Waals surface area (Å²) in [4.78, 5) is 30.5. The van der Waals surface area contributed by atoms with Gasteiger partial charge in [-0.15, -0.1) is 0 Å². The van der Waals surface area contributed by atoms with Crippen LogP contribution < -0.4 is 20.1 Å². The molecule has 2 amide bonds. The van der Waals surface area contributed by atoms with Gasteiger partial charge in [-0.3, -0.25) is 9.59 Å². The van der Waals surface area contributed by atoms with Crippen molar-refractivity contribution in [2.45, 2.75) is 51.5 Å². The Morgan fingerprint density at radius 3 is 2.32 bits per heavy atom. The molecular weight excluding hydrogens is 414 g/mol. The molecule has 4 fully saturated rings. The third kappa shape index (κ3) is 3.35. The molecule has 0 saturated heterocycles. The van der Waals surface area contributed by atoms with Crippen molar-refractivity contribution in [1.29, 1.82) is 0 Å². The van der Waals surface area contributed by atoms with Crippen molar-refractivity contribution in [1.82, 2.24) is 10.3 Å². The van der Waals surface area contributed by atoms with Crippen LogP contribution in [-0.4, -0.2) is 36.1 Å². The van der Waals surface area contributed by atoms with Crippen LogP contribution in [0.4, 0.5) is 5.13 Å². The lowest BCUT2D eigenvalue weighted by molar-refractivity contribution is -0.147. The van der Waals surface area contributed by atoms with Gasteiger partial charge in [0.05, 0.1) is 10.2 Å². The van der Waals surface area contributed by atoms with E-state index < -0.39 is 6.04 Å². The summed E-state index contributed by atoms with van der Waals surface area (Å²) in [6.07, 6.45) is 6.85. The molecule has 0 spiro atoms. The summed E-state index contributed by atoms with van der Waals surface area (Å²) < 4.78 is 12.2. The quantitative estimate of drug-likeness (QED) is 0.755. The van der Waals surface area contributed by atoms with E-state index >= 15 is 0 Å². The first-order valence-corrected chi connectivity index (χ1v) is 12.1. The minimum absolute atomic E-state index is 0.0699. The maximum atomic E-state index is 13.2. The van der Waals surface area contributed by atoms with Crippen LogP contribution in [0.25, 0.3) is 10.2 Å². The number of benzene rings is 1. The van der Waals surface area contributed by atoms with Crippen LogP contribution in [0.1, 0.15) is 45.4 Å². The van der Waals surface area contributed by atoms with Gasteiger partial charge >= 0.3 is 0 Å². The van der Waals surface area contributed by atoms with Gasteiger partial charge in [-0.25, -0.2) is 4.98 Å². The van der Waals surface area contributed by atoms with Crippen molar-refractivity contribution in [3.8, 4) is 11.5 Å². The maximum Gasteiger partial charge on any atom is 0.248 e. The lowest BCUT2D eigenvalue weighted by atomic mass is 9.49. The molecule has 4 bridgehead atoms. The Labute approximate surface area is 184 Å². The maximum absolute atomic E-state index is 13.2. The van der Waals surface area contributed by atoms with Gasteiger partial charge in [0.1, 0.15) is 19.3 Å². The monoisotopic (exact) mass is 441 g/mol. The number of rotatable bonds is 4. The van der Waals surface area contributed by atoms with Gasteiger partial charge in [-0.05, 0) is 63.2 Å². The smallest absolute Gasteiger partial charge is 0.248 e. The molecule has 2 N–H and O–H groups in total. The van der Waals surface area contributed by atoms with Crippen molar-refractivity contribution in [3.05, 3.63) is 12.1 Å². The van der Waals surface area contributed by atoms with Crippen molar-refractivity contribution in [2.24, 2.45) is 23.2 Å². The Bertz CT molecular complexity index is 986. The van der Waals surface area contributed by atoms with Crippen LogP contribution in [0.3, 0.4) is 0 Å². The fourth-order valence-electron chi connectivity index (χ4n) is 6.54. The number of hydrogen-bond acceptors (Lipinski definition) is 6. The number of aromatic nitrogens is 1. The molecule has 1 aromatic heterocycles. The molecule has 0 unspecified atom stereocenters. The topological polar surface area (TPSA) is 89.6 Å². The molecule has 1 aliphatic heterocycles. The van der Waals surface area contributed by atoms with Crippen LogP contribution in [-0.2, 0) is 9.59 Å². The van der Waals surface area contributed by atoms with Crippen molar-refractivity contribution in [2.75, 3.05) is 18.5 Å². The zero-order valence-corrected chi connectivity index (χ0v) is 18.4. The fraction of sp³-hybridized carbons (Fsp3) is 0.609. The van der Waals surface area contributed by atoms with E-state index in [1.54, 1.807) is 6.92 Å². The standard InChI is InChI=1S/C23H27N3O4S/c1-12(24-21(28)23-9-13-4-14(10-23)6-15(5-13)11-23)20(27)26-22-25-16-7-17-18(8-19(16)31-22)30-3-2-29-17/h7-8,12-15H,2-6,9-11H2,1H3,(H,24,28)(H,25,26,27)/t12-,13?,14?,15?,23?/m1/s1. The van der Waals surface area contributed by atoms with Crippen LogP contribution in [0, 0.1) is 23.2 Å². The van der Waals surface area contributed by atoms with Gasteiger partial charge in [0.25, 0.3) is 0 Å². The van der Waals surface area contributed by atoms with Crippen LogP contribution in [0.2, 0.25) is 0 Å². The van der Waals surface area contributed by atoms with Gasteiger partial charge in [-0.2, -0.15) is 0 Å². The molecule has 2 aromatic rings. The number of nitrogens with zero attached hydrogens (tertiary/aromatic N) is 1. The first kappa shape index (κ1) is 19.3. The normalized spacial score (nSPS) is 31.5. The summed E-state index contributed by atoms with van der Waals surface area (Å²) in [5, 5.41) is 6.41. The Kier molecular flexibility index (Phi) is 4.42. The van der Waals surface area contributed by atoms with Gasteiger partial charge in [0, 0.05) is 17.5 Å². The summed E-state index contributed by atoms with van der Waals surface area (Å²) in [7, 11) is 0. The number of anilines is 1. The van der Waals surface area contributed by atoms with E-state index in [1.807, 2.05) is 12.1 Å². The zero-order chi connectivity index (χ0) is 21.2. The molecule has 2 heterocycles. The van der Waals surface area contributed by atoms with E-state index in [-0.39, 0.29) is 17.2 Å². The average Bonchev–Trinajstić information content (AvgIpc) is 3.11. The molecule has 1 atom stereocenters. The lowest BCUT2D eigenvalue weighted by Gasteiger charge is -2.55. The number of hydrogen-bond donors (Lipinski definition) is 2. The highest BCUT2D eigenvalue weighted by molar-refractivity contribution is 7.22. The summed E-state index contributed by atoms with van der Waals surface area (Å²) in [6, 6.07) is 3.14. The van der Waals surface area contributed by atoms with E-state index in [4.69, 9.17) is 9.47 Å². The Balaban J connectivity index is 1.13. The van der Waals surface area contributed by atoms with Crippen LogP contribution in [0.5, 0.6) is 11.5 Å². The molecule has 4 aliphatic carbocycles. The highest BCUT2D eigenvalue weighted by atomic mass is 32.1. The predicted molar refractivity (Wildman–Crippen MR) is 117 cm³/mol. The van der Waals surface area contributed by atoms with Gasteiger partial charge < -0.3 is 20.1 Å². The predicted octanol–water partition coefficient (Wildman–Crippen LogP) is 3.73. The van der Waals surface area contributed by atoms with E-state index in [1.165, 1.54) is 30.6 Å². The first-order chi connectivity index (χ1) is 15.0. The van der Waals surface area contributed by atoms with E-state index in [2.05, 4.69) is 15.6 Å². The number of carbonyl (C=O) groups is 2. The second-order valence-electron chi connectivity index (χ2n) is 9.86. The second kappa shape index (κ2) is 7.08. The second-order valence-corrected chi connectivity index (χ2v) is 10.9. The summed E-state index contributed by atoms with van der Waals surface area (Å²) in [5.74, 6) is 3.30. The molecule has 0 radical (unpaired) electrons. The molecule has 7 nitrogen and oxygen atoms in total. The third-order valence-corrected chi connectivity index (χ3v) is 8.48. The molecule has 4 saturated carbocycles. The number of fused-ring (bicyclic) bond motifs is 2. The highest BCUT2D eigenvalue weighted by Gasteiger charge is 2.54. The first-order valence-electron chi connectivity index (χ1n) is 11.3. The summed E-state index contributed by atoms with van der Waals surface area (Å²) in [6.45, 7) is 2.80. The molecule has 5 aliphatic rings. The zero-order valence-electron chi connectivity index (χ0n) is 17.6. The van der Waals surface area contributed by atoms with Crippen molar-refractivity contribution < 1.29 is 19.1 Å². The number of nitrogens with one attached hydrogen (secondary N) is 2. The van der Waals surface area contributed by atoms with Crippen molar-refractivity contribution >= 4 is 38.5 Å². The van der Waals surface area contributed by atoms with Crippen LogP contribution in [0.15, 0.2) is 12.1 Å². The number of thiazole rings is 1. The van der Waals surface area contributed by atoms with Crippen LogP contribution >= 0.6 is 11.3 Å². The lowest BCUT2D eigenvalue weighted by Crippen LogP contribution is -2.56. The minimum Gasteiger partial charge on any atom is -0.486 e. The SMILES string of the molecule is C[C@@H](NC(=O)C12CC3CC(CC(C3)C1)C2)C(=O)Nc1nc2cc3c(cc2s1)OCCO3. The Hall–Kier alpha value is -2.35. The van der Waals surface area contributed by atoms with Crippen molar-refractivity contribution in [3.63, 3.8) is 0 Å². The number of ether oxygens (including phenoxy) is 2. The van der Waals surface area contributed by atoms with E-state index in [0.717, 1.165) is 29.5 Å². The highest BCUT2D eigenvalue weighted by Crippen LogP contribution is 2.60. The van der Waals surface area contributed by atoms with E-state index in [9.17, 15) is 9.59 Å². The molecular formula is C23H27N3O4S. The third-order valence-electron chi connectivity index (χ3n) is 7.54. The molecule has 1 aromatic carbocycles. The molecule has 164 valence electrons. The fourth-order valence-corrected chi connectivity index (χ4v) is 7.42. The number of amides is 2. The summed E-state index contributed by atoms with van der Waals surface area (Å²) in [5.41, 5.74) is 0.507. The summed E-state index contributed by atoms with van der Waals surface area (Å²) >= 11 is 1.39. The number of carbonyl (C=O) groups excluding carboxylic acids is 2. The molecule has 8 heteroatoms. The van der Waals surface area contributed by atoms with Gasteiger partial charge in [0.2, 0.25) is 11.8 Å². The molecule has 31 heavy (non-hydrogen) atoms. The molecule has 7 rings (SSSR count). The largest absolute Gasteiger partial charge is 0.486 e. The minimum atomic E-state index is -0.604. The Morgan fingerprint density at radius 2 is 1.68 bits per heavy atom. The average molecular weight is 442 g/mol. The van der Waals surface area contributed by atoms with Gasteiger partial charge in [-0.1, -0.05) is 11.3 Å².